The summed E-state index contributed by atoms with van der Waals surface area (Å²) in [5.74, 6) is 2.04. The third-order valence-electron chi connectivity index (χ3n) is 5.90. The first-order chi connectivity index (χ1) is 12.7. The van der Waals surface area contributed by atoms with E-state index in [1.165, 1.54) is 37.7 Å². The lowest BCUT2D eigenvalue weighted by atomic mass is 9.93. The predicted molar refractivity (Wildman–Crippen MR) is 105 cm³/mol. The summed E-state index contributed by atoms with van der Waals surface area (Å²) in [6.07, 6.45) is 10.2. The van der Waals surface area contributed by atoms with Crippen molar-refractivity contribution in [2.75, 3.05) is 26.7 Å². The van der Waals surface area contributed by atoms with Crippen LogP contribution in [0.3, 0.4) is 0 Å². The van der Waals surface area contributed by atoms with Crippen LogP contribution in [0.25, 0.3) is 0 Å². The van der Waals surface area contributed by atoms with Crippen LogP contribution >= 0.6 is 0 Å². The standard InChI is InChI=1S/C22H34N2O2/c1-23-14-11-18-12-15-24(16-13-18)22(25)10-9-19-5-4-8-21(17-19)26-20-6-2-3-7-20/h4-5,8,17-18,20,23H,2-3,6-7,9-16H2,1H3. The van der Waals surface area contributed by atoms with Gasteiger partial charge in [-0.1, -0.05) is 12.1 Å². The second-order valence-electron chi connectivity index (χ2n) is 7.89. The van der Waals surface area contributed by atoms with Gasteiger partial charge in [-0.15, -0.1) is 0 Å². The number of hydrogen-bond acceptors (Lipinski definition) is 3. The minimum atomic E-state index is 0.305. The van der Waals surface area contributed by atoms with Crippen molar-refractivity contribution < 1.29 is 9.53 Å². The first-order valence-electron chi connectivity index (χ1n) is 10.4. The quantitative estimate of drug-likeness (QED) is 0.769. The minimum Gasteiger partial charge on any atom is -0.490 e. The topological polar surface area (TPSA) is 41.6 Å². The summed E-state index contributed by atoms with van der Waals surface area (Å²) >= 11 is 0. The Hall–Kier alpha value is -1.55. The van der Waals surface area contributed by atoms with Gasteiger partial charge < -0.3 is 15.0 Å². The molecule has 4 heteroatoms. The van der Waals surface area contributed by atoms with Crippen molar-refractivity contribution >= 4 is 5.91 Å². The van der Waals surface area contributed by atoms with Gasteiger partial charge in [-0.2, -0.15) is 0 Å². The van der Waals surface area contributed by atoms with E-state index in [0.29, 0.717) is 18.4 Å². The molecule has 0 spiro atoms. The highest BCUT2D eigenvalue weighted by molar-refractivity contribution is 5.76. The number of amides is 1. The lowest BCUT2D eigenvalue weighted by Gasteiger charge is -2.32. The number of benzene rings is 1. The normalized spacial score (nSPS) is 19.0. The molecule has 26 heavy (non-hydrogen) atoms. The molecular weight excluding hydrogens is 324 g/mol. The van der Waals surface area contributed by atoms with Gasteiger partial charge in [0.15, 0.2) is 0 Å². The zero-order valence-electron chi connectivity index (χ0n) is 16.2. The van der Waals surface area contributed by atoms with Gasteiger partial charge in [0.05, 0.1) is 6.10 Å². The Balaban J connectivity index is 1.41. The molecule has 1 aromatic rings. The second kappa shape index (κ2) is 9.96. The van der Waals surface area contributed by atoms with Crippen LogP contribution in [0.2, 0.25) is 0 Å². The van der Waals surface area contributed by atoms with E-state index in [4.69, 9.17) is 4.74 Å². The van der Waals surface area contributed by atoms with Gasteiger partial charge in [-0.25, -0.2) is 0 Å². The zero-order chi connectivity index (χ0) is 18.2. The monoisotopic (exact) mass is 358 g/mol. The van der Waals surface area contributed by atoms with Gasteiger partial charge in [0.25, 0.3) is 0 Å². The maximum atomic E-state index is 12.5. The van der Waals surface area contributed by atoms with Crippen molar-refractivity contribution in [3.05, 3.63) is 29.8 Å². The van der Waals surface area contributed by atoms with Crippen LogP contribution < -0.4 is 10.1 Å². The van der Waals surface area contributed by atoms with Crippen molar-refractivity contribution in [2.24, 2.45) is 5.92 Å². The van der Waals surface area contributed by atoms with Gasteiger partial charge in [-0.3, -0.25) is 4.79 Å². The van der Waals surface area contributed by atoms with E-state index in [-0.39, 0.29) is 0 Å². The van der Waals surface area contributed by atoms with Crippen molar-refractivity contribution in [3.8, 4) is 5.75 Å². The van der Waals surface area contributed by atoms with Crippen LogP contribution in [0.1, 0.15) is 56.9 Å². The lowest BCUT2D eigenvalue weighted by molar-refractivity contribution is -0.132. The van der Waals surface area contributed by atoms with E-state index >= 15 is 0 Å². The molecule has 0 atom stereocenters. The van der Waals surface area contributed by atoms with Crippen LogP contribution in [0.15, 0.2) is 24.3 Å². The molecular formula is C22H34N2O2. The molecule has 3 rings (SSSR count). The summed E-state index contributed by atoms with van der Waals surface area (Å²) in [6.45, 7) is 2.94. The molecule has 1 saturated heterocycles. The molecule has 1 amide bonds. The van der Waals surface area contributed by atoms with Gasteiger partial charge in [0.2, 0.25) is 5.91 Å². The number of rotatable bonds is 8. The molecule has 1 saturated carbocycles. The van der Waals surface area contributed by atoms with Crippen LogP contribution in [0, 0.1) is 5.92 Å². The summed E-state index contributed by atoms with van der Waals surface area (Å²) in [7, 11) is 2.01. The molecule has 0 aromatic heterocycles. The minimum absolute atomic E-state index is 0.305. The SMILES string of the molecule is CNCCC1CCN(C(=O)CCc2cccc(OC3CCCC3)c2)CC1. The van der Waals surface area contributed by atoms with Crippen LogP contribution in [0.5, 0.6) is 5.75 Å². The Kier molecular flexibility index (Phi) is 7.36. The summed E-state index contributed by atoms with van der Waals surface area (Å²) in [5.41, 5.74) is 1.21. The number of aryl methyl sites for hydroxylation is 1. The molecule has 0 radical (unpaired) electrons. The molecule has 2 aliphatic rings. The molecule has 1 N–H and O–H groups in total. The molecule has 1 aromatic carbocycles. The number of nitrogens with one attached hydrogen (secondary N) is 1. The predicted octanol–water partition coefficient (Wildman–Crippen LogP) is 3.79. The highest BCUT2D eigenvalue weighted by Crippen LogP contribution is 2.25. The fourth-order valence-corrected chi connectivity index (χ4v) is 4.20. The Morgan fingerprint density at radius 2 is 1.96 bits per heavy atom. The highest BCUT2D eigenvalue weighted by Gasteiger charge is 2.22. The third-order valence-corrected chi connectivity index (χ3v) is 5.90. The molecule has 1 aliphatic carbocycles. The van der Waals surface area contributed by atoms with E-state index in [9.17, 15) is 4.79 Å². The molecule has 2 fully saturated rings. The maximum absolute atomic E-state index is 12.5. The average molecular weight is 359 g/mol. The van der Waals surface area contributed by atoms with Gasteiger partial charge in [0.1, 0.15) is 5.75 Å². The Labute approximate surface area is 158 Å². The van der Waals surface area contributed by atoms with Crippen LogP contribution in [0.4, 0.5) is 0 Å². The Bertz CT molecular complexity index is 561. The number of piperidine rings is 1. The highest BCUT2D eigenvalue weighted by atomic mass is 16.5. The maximum Gasteiger partial charge on any atom is 0.222 e. The van der Waals surface area contributed by atoms with Gasteiger partial charge in [-0.05, 0) is 88.6 Å². The Morgan fingerprint density at radius 1 is 1.19 bits per heavy atom. The zero-order valence-corrected chi connectivity index (χ0v) is 16.2. The van der Waals surface area contributed by atoms with E-state index in [1.54, 1.807) is 0 Å². The van der Waals surface area contributed by atoms with Gasteiger partial charge >= 0.3 is 0 Å². The van der Waals surface area contributed by atoms with Crippen molar-refractivity contribution in [1.29, 1.82) is 0 Å². The summed E-state index contributed by atoms with van der Waals surface area (Å²) in [6, 6.07) is 8.32. The number of likely N-dealkylation sites (tertiary alicyclic amines) is 1. The second-order valence-corrected chi connectivity index (χ2v) is 7.89. The summed E-state index contributed by atoms with van der Waals surface area (Å²) < 4.78 is 6.08. The first kappa shape index (κ1) is 19.2. The van der Waals surface area contributed by atoms with Crippen molar-refractivity contribution in [1.82, 2.24) is 10.2 Å². The molecule has 144 valence electrons. The number of hydrogen-bond donors (Lipinski definition) is 1. The average Bonchev–Trinajstić information content (AvgIpc) is 3.18. The third kappa shape index (κ3) is 5.73. The smallest absolute Gasteiger partial charge is 0.222 e. The van der Waals surface area contributed by atoms with E-state index in [2.05, 4.69) is 28.4 Å². The van der Waals surface area contributed by atoms with Crippen molar-refractivity contribution in [3.63, 3.8) is 0 Å². The van der Waals surface area contributed by atoms with E-state index < -0.39 is 0 Å². The molecule has 1 heterocycles. The number of carbonyl (C=O) groups excluding carboxylic acids is 1. The fourth-order valence-electron chi connectivity index (χ4n) is 4.20. The number of ether oxygens (including phenoxy) is 1. The number of nitrogens with zero attached hydrogens (tertiary/aromatic N) is 1. The fraction of sp³-hybridized carbons (Fsp3) is 0.682. The van der Waals surface area contributed by atoms with Crippen LogP contribution in [-0.4, -0.2) is 43.6 Å². The molecule has 0 bridgehead atoms. The summed E-state index contributed by atoms with van der Waals surface area (Å²) in [5, 5.41) is 3.22. The van der Waals surface area contributed by atoms with Crippen LogP contribution in [-0.2, 0) is 11.2 Å². The molecule has 4 nitrogen and oxygen atoms in total. The lowest BCUT2D eigenvalue weighted by Crippen LogP contribution is -2.39. The van der Waals surface area contributed by atoms with Gasteiger partial charge in [0, 0.05) is 19.5 Å². The number of carbonyl (C=O) groups is 1. The summed E-state index contributed by atoms with van der Waals surface area (Å²) in [4.78, 5) is 14.6. The van der Waals surface area contributed by atoms with E-state index in [1.807, 2.05) is 13.1 Å². The first-order valence-corrected chi connectivity index (χ1v) is 10.4. The van der Waals surface area contributed by atoms with E-state index in [0.717, 1.165) is 50.6 Å². The molecule has 0 unspecified atom stereocenters. The largest absolute Gasteiger partial charge is 0.490 e. The van der Waals surface area contributed by atoms with Crippen molar-refractivity contribution in [2.45, 2.75) is 63.9 Å². The molecule has 1 aliphatic heterocycles. The Morgan fingerprint density at radius 3 is 2.69 bits per heavy atom.